The lowest BCUT2D eigenvalue weighted by Crippen LogP contribution is -2.11. The molecule has 0 N–H and O–H groups in total. The van der Waals surface area contributed by atoms with Gasteiger partial charge in [0.15, 0.2) is 0 Å². The van der Waals surface area contributed by atoms with E-state index in [-0.39, 0.29) is 0 Å². The predicted molar refractivity (Wildman–Crippen MR) is 274 cm³/mol. The molecule has 0 bridgehead atoms. The van der Waals surface area contributed by atoms with Crippen LogP contribution in [0, 0.1) is 0 Å². The Balaban J connectivity index is 0.945. The molecular weight excluding hydrogens is 789 g/mol. The van der Waals surface area contributed by atoms with E-state index in [1.807, 2.05) is 0 Å². The summed E-state index contributed by atoms with van der Waals surface area (Å²) in [6.45, 7) is 0. The van der Waals surface area contributed by atoms with E-state index in [0.717, 1.165) is 77.9 Å². The van der Waals surface area contributed by atoms with Crippen LogP contribution in [0.1, 0.15) is 0 Å². The number of para-hydroxylation sites is 3. The van der Waals surface area contributed by atoms with Gasteiger partial charge in [-0.2, -0.15) is 0 Å². The van der Waals surface area contributed by atoms with Gasteiger partial charge in [-0.1, -0.05) is 164 Å². The lowest BCUT2D eigenvalue weighted by atomic mass is 9.98. The van der Waals surface area contributed by atoms with E-state index >= 15 is 0 Å². The number of anilines is 3. The van der Waals surface area contributed by atoms with Gasteiger partial charge in [0.05, 0.1) is 16.7 Å². The van der Waals surface area contributed by atoms with Gasteiger partial charge >= 0.3 is 0 Å². The Labute approximate surface area is 376 Å². The third kappa shape index (κ3) is 6.20. The highest BCUT2D eigenvalue weighted by molar-refractivity contribution is 6.16. The van der Waals surface area contributed by atoms with Crippen LogP contribution < -0.4 is 4.90 Å². The van der Waals surface area contributed by atoms with Crippen LogP contribution in [0.2, 0.25) is 0 Å². The quantitative estimate of drug-likeness (QED) is 0.160. The summed E-state index contributed by atoms with van der Waals surface area (Å²) in [7, 11) is 0. The van der Waals surface area contributed by atoms with Gasteiger partial charge in [0.2, 0.25) is 0 Å². The molecule has 2 aromatic heterocycles. The Morgan fingerprint density at radius 1 is 0.323 bits per heavy atom. The molecule has 13 rings (SSSR count). The molecule has 0 spiro atoms. The predicted octanol–water partition coefficient (Wildman–Crippen LogP) is 17.5. The molecule has 0 saturated heterocycles. The zero-order valence-electron chi connectivity index (χ0n) is 35.4. The highest BCUT2D eigenvalue weighted by Crippen LogP contribution is 2.44. The molecule has 0 saturated carbocycles. The van der Waals surface area contributed by atoms with Crippen molar-refractivity contribution < 1.29 is 4.42 Å². The largest absolute Gasteiger partial charge is 0.455 e. The number of hydrogen-bond donors (Lipinski definition) is 0. The SMILES string of the molecule is c1cc(-c2ccc3ccccc3c2)cc(N(c2ccc(-c3cccc(-n4c5ccccc5c5ccccc54)c3)cc2)c2ccccc2-c2ccc3oc4c5ccccc5ccc4c3c2)c1. The third-order valence-corrected chi connectivity index (χ3v) is 13.1. The fourth-order valence-corrected chi connectivity index (χ4v) is 10.0. The van der Waals surface area contributed by atoms with Crippen LogP contribution in [0.15, 0.2) is 247 Å². The first-order valence-electron chi connectivity index (χ1n) is 22.2. The molecule has 11 aromatic carbocycles. The number of rotatable bonds is 7. The van der Waals surface area contributed by atoms with Crippen LogP contribution in [-0.2, 0) is 0 Å². The fraction of sp³-hybridized carbons (Fsp3) is 0. The van der Waals surface area contributed by atoms with Gasteiger partial charge in [0.25, 0.3) is 0 Å². The normalized spacial score (nSPS) is 11.7. The first-order chi connectivity index (χ1) is 32.2. The summed E-state index contributed by atoms with van der Waals surface area (Å²) in [5, 5.41) is 9.51. The summed E-state index contributed by atoms with van der Waals surface area (Å²) in [6.07, 6.45) is 0. The molecule has 3 nitrogen and oxygen atoms in total. The van der Waals surface area contributed by atoms with E-state index in [4.69, 9.17) is 4.42 Å². The van der Waals surface area contributed by atoms with Crippen molar-refractivity contribution in [1.29, 1.82) is 0 Å². The van der Waals surface area contributed by atoms with E-state index < -0.39 is 0 Å². The Hall–Kier alpha value is -8.66. The minimum absolute atomic E-state index is 0.885. The Morgan fingerprint density at radius 3 is 1.75 bits per heavy atom. The average molecular weight is 829 g/mol. The standard InChI is InChI=1S/C62H40N2O/c1-2-15-44-37-47(28-27-41(44)13-1)46-17-12-18-50(39-46)63(58-24-8-5-20-52(58)48-32-36-61-57(40-48)56-35-31-43-14-3-4-21-53(43)62(56)65-61)49-33-29-42(30-34-49)45-16-11-19-51(38-45)64-59-25-9-6-22-54(59)55-23-7-10-26-60(55)64/h1-40H. The molecular formula is C62H40N2O. The van der Waals surface area contributed by atoms with Crippen LogP contribution in [0.4, 0.5) is 17.1 Å². The van der Waals surface area contributed by atoms with E-state index in [0.29, 0.717) is 0 Å². The second-order valence-electron chi connectivity index (χ2n) is 16.9. The number of aromatic nitrogens is 1. The molecule has 304 valence electrons. The Bertz CT molecular complexity index is 3910. The Kier molecular flexibility index (Phi) is 8.53. The van der Waals surface area contributed by atoms with Crippen LogP contribution >= 0.6 is 0 Å². The molecule has 0 unspecified atom stereocenters. The monoisotopic (exact) mass is 828 g/mol. The van der Waals surface area contributed by atoms with Crippen molar-refractivity contribution in [1.82, 2.24) is 4.57 Å². The summed E-state index contributed by atoms with van der Waals surface area (Å²) in [4.78, 5) is 2.41. The fourth-order valence-electron chi connectivity index (χ4n) is 10.0. The zero-order chi connectivity index (χ0) is 42.8. The van der Waals surface area contributed by atoms with Crippen LogP contribution in [0.3, 0.4) is 0 Å². The first-order valence-corrected chi connectivity index (χ1v) is 22.2. The molecule has 2 heterocycles. The second kappa shape index (κ2) is 15.0. The van der Waals surface area contributed by atoms with Gasteiger partial charge in [0, 0.05) is 49.6 Å². The number of furan rings is 1. The number of hydrogen-bond acceptors (Lipinski definition) is 2. The zero-order valence-corrected chi connectivity index (χ0v) is 35.4. The van der Waals surface area contributed by atoms with Gasteiger partial charge < -0.3 is 13.9 Å². The summed E-state index contributed by atoms with van der Waals surface area (Å²) in [5.41, 5.74) is 15.5. The van der Waals surface area contributed by atoms with Crippen molar-refractivity contribution in [3.8, 4) is 39.1 Å². The number of fused-ring (bicyclic) bond motifs is 9. The van der Waals surface area contributed by atoms with Crippen LogP contribution in [-0.4, -0.2) is 4.57 Å². The molecule has 0 fully saturated rings. The number of nitrogens with zero attached hydrogens (tertiary/aromatic N) is 2. The van der Waals surface area contributed by atoms with E-state index in [9.17, 15) is 0 Å². The van der Waals surface area contributed by atoms with Gasteiger partial charge in [-0.15, -0.1) is 0 Å². The van der Waals surface area contributed by atoms with Gasteiger partial charge in [0.1, 0.15) is 11.2 Å². The van der Waals surface area contributed by atoms with Gasteiger partial charge in [-0.05, 0) is 123 Å². The minimum atomic E-state index is 0.885. The van der Waals surface area contributed by atoms with Crippen molar-refractivity contribution in [2.75, 3.05) is 4.90 Å². The first kappa shape index (κ1) is 36.9. The summed E-state index contributed by atoms with van der Waals surface area (Å²) >= 11 is 0. The van der Waals surface area contributed by atoms with Gasteiger partial charge in [-0.3, -0.25) is 0 Å². The molecule has 3 heteroatoms. The molecule has 0 radical (unpaired) electrons. The van der Waals surface area contributed by atoms with Gasteiger partial charge in [-0.25, -0.2) is 0 Å². The van der Waals surface area contributed by atoms with Crippen molar-refractivity contribution in [3.05, 3.63) is 243 Å². The van der Waals surface area contributed by atoms with Crippen molar-refractivity contribution in [3.63, 3.8) is 0 Å². The topological polar surface area (TPSA) is 21.3 Å². The lowest BCUT2D eigenvalue weighted by molar-refractivity contribution is 0.672. The van der Waals surface area contributed by atoms with Crippen LogP contribution in [0.5, 0.6) is 0 Å². The lowest BCUT2D eigenvalue weighted by Gasteiger charge is -2.28. The Morgan fingerprint density at radius 2 is 0.938 bits per heavy atom. The maximum absolute atomic E-state index is 6.56. The average Bonchev–Trinajstić information content (AvgIpc) is 3.93. The molecule has 0 atom stereocenters. The van der Waals surface area contributed by atoms with Crippen molar-refractivity contribution in [2.24, 2.45) is 0 Å². The minimum Gasteiger partial charge on any atom is -0.455 e. The highest BCUT2D eigenvalue weighted by Gasteiger charge is 2.20. The van der Waals surface area contributed by atoms with E-state index in [1.165, 1.54) is 43.5 Å². The molecule has 13 aromatic rings. The van der Waals surface area contributed by atoms with Crippen molar-refractivity contribution in [2.45, 2.75) is 0 Å². The number of benzene rings is 11. The van der Waals surface area contributed by atoms with Crippen LogP contribution in [0.25, 0.3) is 104 Å². The summed E-state index contributed by atoms with van der Waals surface area (Å²) in [5.74, 6) is 0. The molecule has 0 aliphatic carbocycles. The molecule has 0 aliphatic heterocycles. The molecule has 0 aliphatic rings. The summed E-state index contributed by atoms with van der Waals surface area (Å²) in [6, 6.07) is 87.8. The molecule has 0 amide bonds. The van der Waals surface area contributed by atoms with E-state index in [2.05, 4.69) is 252 Å². The van der Waals surface area contributed by atoms with E-state index in [1.54, 1.807) is 0 Å². The maximum atomic E-state index is 6.56. The smallest absolute Gasteiger partial charge is 0.143 e. The van der Waals surface area contributed by atoms with Crippen molar-refractivity contribution >= 4 is 82.4 Å². The summed E-state index contributed by atoms with van der Waals surface area (Å²) < 4.78 is 8.94. The maximum Gasteiger partial charge on any atom is 0.143 e. The second-order valence-corrected chi connectivity index (χ2v) is 16.9. The third-order valence-electron chi connectivity index (χ3n) is 13.1. The highest BCUT2D eigenvalue weighted by atomic mass is 16.3. The molecule has 65 heavy (non-hydrogen) atoms.